The van der Waals surface area contributed by atoms with E-state index in [1.165, 1.54) is 22.4 Å². The van der Waals surface area contributed by atoms with Crippen LogP contribution in [-0.4, -0.2) is 16.3 Å². The van der Waals surface area contributed by atoms with Gasteiger partial charge in [-0.2, -0.15) is 5.10 Å². The molecule has 94 valence electrons. The molecule has 0 aliphatic carbocycles. The van der Waals surface area contributed by atoms with Crippen molar-refractivity contribution < 1.29 is 0 Å². The molecule has 1 aromatic carbocycles. The molecule has 0 unspecified atom stereocenters. The van der Waals surface area contributed by atoms with E-state index in [9.17, 15) is 0 Å². The van der Waals surface area contributed by atoms with E-state index in [0.717, 1.165) is 31.6 Å². The molecule has 2 aromatic rings. The van der Waals surface area contributed by atoms with E-state index in [4.69, 9.17) is 0 Å². The molecule has 3 heteroatoms. The highest BCUT2D eigenvalue weighted by Gasteiger charge is 2.13. The lowest BCUT2D eigenvalue weighted by molar-refractivity contribution is 0.598. The van der Waals surface area contributed by atoms with Crippen LogP contribution in [0.2, 0.25) is 0 Å². The second kappa shape index (κ2) is 4.48. The summed E-state index contributed by atoms with van der Waals surface area (Å²) in [4.78, 5) is 0. The highest BCUT2D eigenvalue weighted by molar-refractivity contribution is 5.72. The third kappa shape index (κ3) is 1.90. The molecule has 0 amide bonds. The first-order valence-electron chi connectivity index (χ1n) is 6.69. The molecule has 18 heavy (non-hydrogen) atoms. The summed E-state index contributed by atoms with van der Waals surface area (Å²) in [6, 6.07) is 6.70. The Kier molecular flexibility index (Phi) is 2.82. The predicted molar refractivity (Wildman–Crippen MR) is 74.9 cm³/mol. The van der Waals surface area contributed by atoms with Gasteiger partial charge in [-0.05, 0) is 37.0 Å². The van der Waals surface area contributed by atoms with Crippen LogP contribution in [0.15, 0.2) is 24.4 Å². The Balaban J connectivity index is 1.99. The number of nitrogens with zero attached hydrogens (tertiary/aromatic N) is 2. The average Bonchev–Trinajstić information content (AvgIpc) is 2.95. The minimum Gasteiger partial charge on any atom is -0.384 e. The number of fused-ring (bicyclic) bond motifs is 1. The maximum atomic E-state index is 4.57. The summed E-state index contributed by atoms with van der Waals surface area (Å²) in [6.07, 6.45) is 4.42. The fourth-order valence-electron chi connectivity index (χ4n) is 2.60. The van der Waals surface area contributed by atoms with E-state index in [-0.39, 0.29) is 0 Å². The lowest BCUT2D eigenvalue weighted by Crippen LogP contribution is -1.96. The van der Waals surface area contributed by atoms with Gasteiger partial charge in [-0.15, -0.1) is 0 Å². The van der Waals surface area contributed by atoms with Crippen LogP contribution < -0.4 is 5.32 Å². The smallest absolute Gasteiger partial charge is 0.0672 e. The van der Waals surface area contributed by atoms with Gasteiger partial charge in [-0.3, -0.25) is 4.68 Å². The van der Waals surface area contributed by atoms with Crippen molar-refractivity contribution in [3.8, 4) is 11.1 Å². The van der Waals surface area contributed by atoms with E-state index >= 15 is 0 Å². The number of nitrogens with one attached hydrogen (secondary N) is 1. The first-order chi connectivity index (χ1) is 8.78. The summed E-state index contributed by atoms with van der Waals surface area (Å²) in [6.45, 7) is 6.31. The first-order valence-corrected chi connectivity index (χ1v) is 6.69. The van der Waals surface area contributed by atoms with Crippen molar-refractivity contribution in [1.29, 1.82) is 0 Å². The molecule has 3 nitrogen and oxygen atoms in total. The van der Waals surface area contributed by atoms with Crippen LogP contribution in [0.3, 0.4) is 0 Å². The second-order valence-corrected chi connectivity index (χ2v) is 4.94. The summed E-state index contributed by atoms with van der Waals surface area (Å²) in [5.74, 6) is 0. The summed E-state index contributed by atoms with van der Waals surface area (Å²) in [7, 11) is 0. The SMILES string of the molecule is CCCn1cc(-c2ccc3c(c2)NCC3)c(C)n1. The highest BCUT2D eigenvalue weighted by atomic mass is 15.3. The molecule has 1 N–H and O–H groups in total. The van der Waals surface area contributed by atoms with Crippen LogP contribution in [-0.2, 0) is 13.0 Å². The number of anilines is 1. The van der Waals surface area contributed by atoms with Crippen LogP contribution in [0, 0.1) is 6.92 Å². The number of aryl methyl sites for hydroxylation is 2. The number of hydrogen-bond acceptors (Lipinski definition) is 2. The van der Waals surface area contributed by atoms with Crippen molar-refractivity contribution in [2.24, 2.45) is 0 Å². The predicted octanol–water partition coefficient (Wildman–Crippen LogP) is 3.24. The van der Waals surface area contributed by atoms with Gasteiger partial charge in [0, 0.05) is 30.5 Å². The van der Waals surface area contributed by atoms with E-state index < -0.39 is 0 Å². The van der Waals surface area contributed by atoms with Crippen LogP contribution in [0.5, 0.6) is 0 Å². The Morgan fingerprint density at radius 2 is 2.28 bits per heavy atom. The quantitative estimate of drug-likeness (QED) is 0.894. The van der Waals surface area contributed by atoms with Crippen molar-refractivity contribution in [2.45, 2.75) is 33.2 Å². The van der Waals surface area contributed by atoms with Crippen molar-refractivity contribution >= 4 is 5.69 Å². The molecule has 0 spiro atoms. The van der Waals surface area contributed by atoms with Gasteiger partial charge in [0.05, 0.1) is 5.69 Å². The largest absolute Gasteiger partial charge is 0.384 e. The Morgan fingerprint density at radius 1 is 1.39 bits per heavy atom. The normalized spacial score (nSPS) is 13.4. The van der Waals surface area contributed by atoms with E-state index in [0.29, 0.717) is 0 Å². The van der Waals surface area contributed by atoms with Gasteiger partial charge in [-0.1, -0.05) is 19.1 Å². The zero-order valence-electron chi connectivity index (χ0n) is 11.0. The average molecular weight is 241 g/mol. The van der Waals surface area contributed by atoms with Crippen molar-refractivity contribution in [2.75, 3.05) is 11.9 Å². The molecule has 0 saturated carbocycles. The number of aromatic nitrogens is 2. The fraction of sp³-hybridized carbons (Fsp3) is 0.400. The third-order valence-electron chi connectivity index (χ3n) is 3.53. The molecule has 0 radical (unpaired) electrons. The maximum absolute atomic E-state index is 4.57. The summed E-state index contributed by atoms with van der Waals surface area (Å²) < 4.78 is 2.05. The lowest BCUT2D eigenvalue weighted by Gasteiger charge is -2.04. The molecule has 3 rings (SSSR count). The van der Waals surface area contributed by atoms with Gasteiger partial charge in [0.1, 0.15) is 0 Å². The molecule has 1 aliphatic heterocycles. The van der Waals surface area contributed by atoms with Gasteiger partial charge in [-0.25, -0.2) is 0 Å². The standard InChI is InChI=1S/C15H19N3/c1-3-8-18-10-14(11(2)17-18)13-5-4-12-6-7-16-15(12)9-13/h4-5,9-10,16H,3,6-8H2,1-2H3. The van der Waals surface area contributed by atoms with E-state index in [1.54, 1.807) is 0 Å². The van der Waals surface area contributed by atoms with Crippen molar-refractivity contribution in [3.63, 3.8) is 0 Å². The minimum absolute atomic E-state index is 0.990. The minimum atomic E-state index is 0.990. The summed E-state index contributed by atoms with van der Waals surface area (Å²) >= 11 is 0. The van der Waals surface area contributed by atoms with E-state index in [1.807, 2.05) is 4.68 Å². The molecular formula is C15H19N3. The maximum Gasteiger partial charge on any atom is 0.0672 e. The van der Waals surface area contributed by atoms with E-state index in [2.05, 4.69) is 48.7 Å². The van der Waals surface area contributed by atoms with Crippen LogP contribution >= 0.6 is 0 Å². The Morgan fingerprint density at radius 3 is 3.11 bits per heavy atom. The molecule has 2 heterocycles. The molecule has 0 bridgehead atoms. The first kappa shape index (κ1) is 11.3. The lowest BCUT2D eigenvalue weighted by atomic mass is 10.0. The van der Waals surface area contributed by atoms with Crippen LogP contribution in [0.25, 0.3) is 11.1 Å². The number of benzene rings is 1. The molecule has 1 aliphatic rings. The summed E-state index contributed by atoms with van der Waals surface area (Å²) in [5, 5.41) is 8.00. The summed E-state index contributed by atoms with van der Waals surface area (Å²) in [5.41, 5.74) is 6.34. The van der Waals surface area contributed by atoms with Crippen molar-refractivity contribution in [1.82, 2.24) is 9.78 Å². The Bertz CT molecular complexity index is 569. The monoisotopic (exact) mass is 241 g/mol. The third-order valence-corrected chi connectivity index (χ3v) is 3.53. The Hall–Kier alpha value is -1.77. The fourth-order valence-corrected chi connectivity index (χ4v) is 2.60. The zero-order chi connectivity index (χ0) is 12.5. The molecule has 1 aromatic heterocycles. The van der Waals surface area contributed by atoms with Gasteiger partial charge in [0.2, 0.25) is 0 Å². The van der Waals surface area contributed by atoms with Crippen molar-refractivity contribution in [3.05, 3.63) is 35.7 Å². The number of hydrogen-bond donors (Lipinski definition) is 1. The molecule has 0 fully saturated rings. The molecular weight excluding hydrogens is 222 g/mol. The zero-order valence-corrected chi connectivity index (χ0v) is 11.0. The second-order valence-electron chi connectivity index (χ2n) is 4.94. The van der Waals surface area contributed by atoms with Gasteiger partial charge in [0.25, 0.3) is 0 Å². The topological polar surface area (TPSA) is 29.9 Å². The Labute approximate surface area is 108 Å². The van der Waals surface area contributed by atoms with Gasteiger partial charge < -0.3 is 5.32 Å². The van der Waals surface area contributed by atoms with Crippen LogP contribution in [0.1, 0.15) is 24.6 Å². The molecule has 0 atom stereocenters. The number of rotatable bonds is 3. The molecule has 0 saturated heterocycles. The highest BCUT2D eigenvalue weighted by Crippen LogP contribution is 2.30. The van der Waals surface area contributed by atoms with Gasteiger partial charge >= 0.3 is 0 Å². The van der Waals surface area contributed by atoms with Gasteiger partial charge in [0.15, 0.2) is 0 Å². The van der Waals surface area contributed by atoms with Crippen LogP contribution in [0.4, 0.5) is 5.69 Å².